The second-order valence-corrected chi connectivity index (χ2v) is 8.57. The van der Waals surface area contributed by atoms with Gasteiger partial charge in [-0.25, -0.2) is 0 Å². The van der Waals surface area contributed by atoms with E-state index in [0.29, 0.717) is 11.8 Å². The molecule has 0 amide bonds. The van der Waals surface area contributed by atoms with Gasteiger partial charge in [-0.1, -0.05) is 76.2 Å². The van der Waals surface area contributed by atoms with Gasteiger partial charge < -0.3 is 0 Å². The highest BCUT2D eigenvalue weighted by atomic mass is 16.1. The summed E-state index contributed by atoms with van der Waals surface area (Å²) in [6.07, 6.45) is 5.49. The maximum absolute atomic E-state index is 13.0. The molecule has 0 radical (unpaired) electrons. The Balaban J connectivity index is 2.45. The van der Waals surface area contributed by atoms with Gasteiger partial charge in [0.25, 0.3) is 0 Å². The molecule has 0 saturated carbocycles. The van der Waals surface area contributed by atoms with Crippen molar-refractivity contribution in [3.63, 3.8) is 0 Å². The molecule has 2 aromatic carbocycles. The van der Waals surface area contributed by atoms with Crippen molar-refractivity contribution in [1.29, 1.82) is 0 Å². The fourth-order valence-corrected chi connectivity index (χ4v) is 3.62. The van der Waals surface area contributed by atoms with Crippen LogP contribution < -0.4 is 0 Å². The molecule has 0 aromatic heterocycles. The number of ketones is 1. The molecule has 0 bridgehead atoms. The lowest BCUT2D eigenvalue weighted by Gasteiger charge is -2.14. The van der Waals surface area contributed by atoms with Crippen LogP contribution in [-0.2, 0) is 4.79 Å². The van der Waals surface area contributed by atoms with Crippen LogP contribution in [0.4, 0.5) is 0 Å². The Morgan fingerprint density at radius 1 is 0.714 bits per heavy atom. The zero-order valence-corrected chi connectivity index (χ0v) is 18.3. The van der Waals surface area contributed by atoms with Crippen molar-refractivity contribution < 1.29 is 4.79 Å². The average molecular weight is 375 g/mol. The molecule has 148 valence electrons. The van der Waals surface area contributed by atoms with Gasteiger partial charge in [0.15, 0.2) is 5.78 Å². The quantitative estimate of drug-likeness (QED) is 0.439. The molecule has 1 nitrogen and oxygen atoms in total. The smallest absolute Gasteiger partial charge is 0.179 e. The van der Waals surface area contributed by atoms with Crippen LogP contribution in [0, 0.1) is 25.7 Å². The van der Waals surface area contributed by atoms with Crippen LogP contribution in [-0.4, -0.2) is 5.78 Å². The van der Waals surface area contributed by atoms with E-state index < -0.39 is 0 Å². The lowest BCUT2D eigenvalue weighted by Crippen LogP contribution is -2.01. The summed E-state index contributed by atoms with van der Waals surface area (Å²) < 4.78 is 0. The minimum atomic E-state index is 0.0813. The van der Waals surface area contributed by atoms with Crippen molar-refractivity contribution in [3.8, 4) is 0 Å². The summed E-state index contributed by atoms with van der Waals surface area (Å²) in [7, 11) is 0. The van der Waals surface area contributed by atoms with E-state index in [2.05, 4.69) is 65.8 Å². The van der Waals surface area contributed by atoms with E-state index in [1.807, 2.05) is 36.4 Å². The molecule has 0 unspecified atom stereocenters. The van der Waals surface area contributed by atoms with E-state index in [9.17, 15) is 4.79 Å². The Bertz CT molecular complexity index is 794. The molecule has 0 heterocycles. The highest BCUT2D eigenvalue weighted by Crippen LogP contribution is 2.28. The van der Waals surface area contributed by atoms with Crippen molar-refractivity contribution in [2.45, 2.75) is 54.4 Å². The van der Waals surface area contributed by atoms with Gasteiger partial charge >= 0.3 is 0 Å². The second-order valence-electron chi connectivity index (χ2n) is 8.57. The summed E-state index contributed by atoms with van der Waals surface area (Å²) in [5.74, 6) is 1.07. The van der Waals surface area contributed by atoms with Crippen molar-refractivity contribution in [3.05, 3.63) is 82.9 Å². The molecule has 1 heteroatoms. The zero-order valence-electron chi connectivity index (χ0n) is 18.3. The zero-order chi connectivity index (χ0) is 20.7. The number of carbonyl (C=O) groups is 1. The maximum Gasteiger partial charge on any atom is 0.179 e. The summed E-state index contributed by atoms with van der Waals surface area (Å²) in [5.41, 5.74) is 7.05. The van der Waals surface area contributed by atoms with Crippen LogP contribution in [0.2, 0.25) is 0 Å². The van der Waals surface area contributed by atoms with Gasteiger partial charge in [-0.15, -0.1) is 0 Å². The van der Waals surface area contributed by atoms with E-state index in [1.54, 1.807) is 0 Å². The minimum Gasteiger partial charge on any atom is -0.290 e. The Morgan fingerprint density at radius 3 is 1.39 bits per heavy atom. The minimum absolute atomic E-state index is 0.0813. The van der Waals surface area contributed by atoms with E-state index in [-0.39, 0.29) is 5.78 Å². The van der Waals surface area contributed by atoms with E-state index in [4.69, 9.17) is 0 Å². The number of allylic oxidation sites excluding steroid dienone is 4. The highest BCUT2D eigenvalue weighted by Gasteiger charge is 2.12. The Morgan fingerprint density at radius 2 is 1.07 bits per heavy atom. The third kappa shape index (κ3) is 6.34. The number of hydrogen-bond donors (Lipinski definition) is 0. The monoisotopic (exact) mass is 374 g/mol. The topological polar surface area (TPSA) is 17.1 Å². The molecule has 0 spiro atoms. The van der Waals surface area contributed by atoms with E-state index >= 15 is 0 Å². The maximum atomic E-state index is 13.0. The van der Waals surface area contributed by atoms with Gasteiger partial charge in [-0.2, -0.15) is 0 Å². The van der Waals surface area contributed by atoms with E-state index in [0.717, 1.165) is 24.0 Å². The van der Waals surface area contributed by atoms with Crippen LogP contribution in [0.1, 0.15) is 62.8 Å². The lowest BCUT2D eigenvalue weighted by molar-refractivity contribution is -0.110. The van der Waals surface area contributed by atoms with Crippen LogP contribution >= 0.6 is 0 Å². The molecule has 0 aliphatic heterocycles. The third-order valence-electron chi connectivity index (χ3n) is 4.87. The summed E-state index contributed by atoms with van der Waals surface area (Å²) in [5, 5.41) is 0. The van der Waals surface area contributed by atoms with Crippen LogP contribution in [0.15, 0.2) is 60.7 Å². The first-order valence-electron chi connectivity index (χ1n) is 10.3. The number of rotatable bonds is 8. The standard InChI is InChI=1S/C27H34O/c1-19(2)15-23(26-13-9-7-11-21(26)5)17-25(28)18-24(16-20(3)4)27-14-10-8-12-22(27)6/h7-14,17-20H,15-16H2,1-6H3. The highest BCUT2D eigenvalue weighted by molar-refractivity contribution is 6.08. The van der Waals surface area contributed by atoms with Gasteiger partial charge in [-0.3, -0.25) is 4.79 Å². The van der Waals surface area contributed by atoms with Gasteiger partial charge in [0.2, 0.25) is 0 Å². The summed E-state index contributed by atoms with van der Waals surface area (Å²) in [6, 6.07) is 16.7. The molecule has 2 rings (SSSR count). The fourth-order valence-electron chi connectivity index (χ4n) is 3.62. The predicted octanol–water partition coefficient (Wildman–Crippen LogP) is 7.43. The number of aryl methyl sites for hydroxylation is 2. The normalized spacial score (nSPS) is 12.7. The van der Waals surface area contributed by atoms with Crippen molar-refractivity contribution in [2.75, 3.05) is 0 Å². The molecule has 0 atom stereocenters. The molecule has 0 fully saturated rings. The average Bonchev–Trinajstić information content (AvgIpc) is 2.60. The molecule has 0 aliphatic carbocycles. The molecule has 0 aliphatic rings. The first kappa shape index (κ1) is 21.9. The first-order chi connectivity index (χ1) is 13.3. The molecule has 0 saturated heterocycles. The third-order valence-corrected chi connectivity index (χ3v) is 4.87. The number of hydrogen-bond acceptors (Lipinski definition) is 1. The summed E-state index contributed by atoms with van der Waals surface area (Å²) in [4.78, 5) is 13.0. The van der Waals surface area contributed by atoms with Gasteiger partial charge in [-0.05, 0) is 84.1 Å². The van der Waals surface area contributed by atoms with Crippen molar-refractivity contribution >= 4 is 16.9 Å². The summed E-state index contributed by atoms with van der Waals surface area (Å²) >= 11 is 0. The predicted molar refractivity (Wildman–Crippen MR) is 122 cm³/mol. The van der Waals surface area contributed by atoms with Crippen LogP contribution in [0.25, 0.3) is 11.1 Å². The van der Waals surface area contributed by atoms with Gasteiger partial charge in [0.1, 0.15) is 0 Å². The Labute approximate surface area is 171 Å². The SMILES string of the molecule is Cc1ccccc1C(=CC(=O)C=C(CC(C)C)c1ccccc1C)CC(C)C. The summed E-state index contributed by atoms with van der Waals surface area (Å²) in [6.45, 7) is 13.0. The second kappa shape index (κ2) is 10.2. The fraction of sp³-hybridized carbons (Fsp3) is 0.370. The first-order valence-corrected chi connectivity index (χ1v) is 10.3. The Hall–Kier alpha value is -2.41. The van der Waals surface area contributed by atoms with E-state index in [1.165, 1.54) is 22.3 Å². The lowest BCUT2D eigenvalue weighted by atomic mass is 9.90. The molecule has 2 aromatic rings. The van der Waals surface area contributed by atoms with Crippen molar-refractivity contribution in [1.82, 2.24) is 0 Å². The molecular weight excluding hydrogens is 340 g/mol. The van der Waals surface area contributed by atoms with Gasteiger partial charge in [0.05, 0.1) is 0 Å². The number of carbonyl (C=O) groups excluding carboxylic acids is 1. The molecule has 0 N–H and O–H groups in total. The Kier molecular flexibility index (Phi) is 7.99. The molecular formula is C27H34O. The largest absolute Gasteiger partial charge is 0.290 e. The molecule has 28 heavy (non-hydrogen) atoms. The van der Waals surface area contributed by atoms with Crippen LogP contribution in [0.3, 0.4) is 0 Å². The number of benzene rings is 2. The van der Waals surface area contributed by atoms with Crippen LogP contribution in [0.5, 0.6) is 0 Å². The van der Waals surface area contributed by atoms with Gasteiger partial charge in [0, 0.05) is 0 Å². The van der Waals surface area contributed by atoms with Crippen molar-refractivity contribution in [2.24, 2.45) is 11.8 Å².